The lowest BCUT2D eigenvalue weighted by molar-refractivity contribution is 1.19. The summed E-state index contributed by atoms with van der Waals surface area (Å²) < 4.78 is 0. The van der Waals surface area contributed by atoms with E-state index in [9.17, 15) is 0 Å². The number of nitrogen functional groups attached to an aromatic ring is 1. The molecule has 2 heterocycles. The van der Waals surface area contributed by atoms with E-state index in [1.807, 2.05) is 19.2 Å². The summed E-state index contributed by atoms with van der Waals surface area (Å²) in [4.78, 5) is 7.47. The Morgan fingerprint density at radius 1 is 1.46 bits per heavy atom. The van der Waals surface area contributed by atoms with E-state index in [0.29, 0.717) is 5.13 Å². The first-order valence-corrected chi connectivity index (χ1v) is 4.92. The minimum Gasteiger partial charge on any atom is -0.375 e. The quantitative estimate of drug-likeness (QED) is 0.730. The molecule has 0 fully saturated rings. The molecule has 0 spiro atoms. The van der Waals surface area contributed by atoms with E-state index in [2.05, 4.69) is 16.0 Å². The minimum absolute atomic E-state index is 0.619. The SMILES string of the molecule is Cc1cc(-c2csc(N)n2)c(C)[nH]1. The van der Waals surface area contributed by atoms with Gasteiger partial charge in [0.1, 0.15) is 0 Å². The largest absolute Gasteiger partial charge is 0.375 e. The van der Waals surface area contributed by atoms with Gasteiger partial charge in [0.15, 0.2) is 5.13 Å². The van der Waals surface area contributed by atoms with Crippen LogP contribution in [0.25, 0.3) is 11.3 Å². The Labute approximate surface area is 80.6 Å². The summed E-state index contributed by atoms with van der Waals surface area (Å²) in [5, 5.41) is 2.60. The molecule has 0 saturated heterocycles. The number of nitrogens with one attached hydrogen (secondary N) is 1. The molecule has 2 aromatic heterocycles. The number of nitrogens with two attached hydrogens (primary N) is 1. The predicted molar refractivity (Wildman–Crippen MR) is 55.8 cm³/mol. The normalized spacial score (nSPS) is 10.6. The van der Waals surface area contributed by atoms with E-state index in [0.717, 1.165) is 22.6 Å². The van der Waals surface area contributed by atoms with Crippen LogP contribution in [0.4, 0.5) is 5.13 Å². The molecule has 3 N–H and O–H groups in total. The smallest absolute Gasteiger partial charge is 0.180 e. The van der Waals surface area contributed by atoms with Gasteiger partial charge in [-0.2, -0.15) is 0 Å². The Hall–Kier alpha value is -1.29. The van der Waals surface area contributed by atoms with E-state index in [-0.39, 0.29) is 0 Å². The zero-order valence-corrected chi connectivity index (χ0v) is 8.40. The summed E-state index contributed by atoms with van der Waals surface area (Å²) in [6.07, 6.45) is 0. The number of rotatable bonds is 1. The van der Waals surface area contributed by atoms with E-state index in [4.69, 9.17) is 5.73 Å². The standard InChI is InChI=1S/C9H11N3S/c1-5-3-7(6(2)11-5)8-4-13-9(10)12-8/h3-4,11H,1-2H3,(H2,10,12). The minimum atomic E-state index is 0.619. The molecule has 0 aliphatic carbocycles. The van der Waals surface area contributed by atoms with E-state index >= 15 is 0 Å². The fourth-order valence-electron chi connectivity index (χ4n) is 1.40. The zero-order valence-electron chi connectivity index (χ0n) is 7.59. The van der Waals surface area contributed by atoms with Crippen LogP contribution in [0.15, 0.2) is 11.4 Å². The number of H-pyrrole nitrogens is 1. The summed E-state index contributed by atoms with van der Waals surface area (Å²) in [6, 6.07) is 2.09. The van der Waals surface area contributed by atoms with E-state index in [1.165, 1.54) is 11.3 Å². The van der Waals surface area contributed by atoms with Crippen molar-refractivity contribution < 1.29 is 0 Å². The van der Waals surface area contributed by atoms with Gasteiger partial charge in [0.25, 0.3) is 0 Å². The van der Waals surface area contributed by atoms with Crippen LogP contribution in [-0.2, 0) is 0 Å². The van der Waals surface area contributed by atoms with Gasteiger partial charge >= 0.3 is 0 Å². The molecule has 0 aliphatic heterocycles. The maximum Gasteiger partial charge on any atom is 0.180 e. The number of aryl methyl sites for hydroxylation is 2. The Kier molecular flexibility index (Phi) is 1.84. The van der Waals surface area contributed by atoms with Crippen LogP contribution in [0.2, 0.25) is 0 Å². The molecule has 4 heteroatoms. The number of aromatic nitrogens is 2. The highest BCUT2D eigenvalue weighted by Gasteiger charge is 2.07. The molecule has 0 amide bonds. The first kappa shape index (κ1) is 8.31. The first-order chi connectivity index (χ1) is 6.16. The van der Waals surface area contributed by atoms with Crippen molar-refractivity contribution in [2.24, 2.45) is 0 Å². The van der Waals surface area contributed by atoms with Gasteiger partial charge in [-0.05, 0) is 19.9 Å². The molecule has 0 unspecified atom stereocenters. The summed E-state index contributed by atoms with van der Waals surface area (Å²) in [5.74, 6) is 0. The van der Waals surface area contributed by atoms with Gasteiger partial charge < -0.3 is 10.7 Å². The highest BCUT2D eigenvalue weighted by atomic mass is 32.1. The molecule has 0 bridgehead atoms. The van der Waals surface area contributed by atoms with Crippen LogP contribution in [0.3, 0.4) is 0 Å². The van der Waals surface area contributed by atoms with Gasteiger partial charge in [-0.15, -0.1) is 11.3 Å². The van der Waals surface area contributed by atoms with Crippen LogP contribution in [0.1, 0.15) is 11.4 Å². The van der Waals surface area contributed by atoms with Gasteiger partial charge in [0.05, 0.1) is 5.69 Å². The summed E-state index contributed by atoms with van der Waals surface area (Å²) in [5.41, 5.74) is 9.97. The monoisotopic (exact) mass is 193 g/mol. The maximum atomic E-state index is 5.57. The van der Waals surface area contributed by atoms with E-state index < -0.39 is 0 Å². The number of aromatic amines is 1. The zero-order chi connectivity index (χ0) is 9.42. The lowest BCUT2D eigenvalue weighted by atomic mass is 10.2. The molecule has 0 radical (unpaired) electrons. The third kappa shape index (κ3) is 1.45. The number of thiazole rings is 1. The molecule has 2 aromatic rings. The third-order valence-corrected chi connectivity index (χ3v) is 2.62. The van der Waals surface area contributed by atoms with Crippen molar-refractivity contribution in [3.05, 3.63) is 22.8 Å². The topological polar surface area (TPSA) is 54.7 Å². The maximum absolute atomic E-state index is 5.57. The second kappa shape index (κ2) is 2.88. The molecule has 0 saturated carbocycles. The molecular formula is C9H11N3S. The average Bonchev–Trinajstić information content (AvgIpc) is 2.58. The molecule has 3 nitrogen and oxygen atoms in total. The Morgan fingerprint density at radius 2 is 2.23 bits per heavy atom. The Balaban J connectivity index is 2.51. The van der Waals surface area contributed by atoms with Gasteiger partial charge in [-0.1, -0.05) is 0 Å². The van der Waals surface area contributed by atoms with E-state index in [1.54, 1.807) is 0 Å². The second-order valence-electron chi connectivity index (χ2n) is 3.06. The van der Waals surface area contributed by atoms with Crippen LogP contribution in [0.5, 0.6) is 0 Å². The average molecular weight is 193 g/mol. The lowest BCUT2D eigenvalue weighted by Gasteiger charge is -1.91. The molecule has 2 rings (SSSR count). The fraction of sp³-hybridized carbons (Fsp3) is 0.222. The number of hydrogen-bond acceptors (Lipinski definition) is 3. The lowest BCUT2D eigenvalue weighted by Crippen LogP contribution is -1.83. The van der Waals surface area contributed by atoms with Gasteiger partial charge in [-0.25, -0.2) is 4.98 Å². The number of nitrogens with zero attached hydrogens (tertiary/aromatic N) is 1. The van der Waals surface area contributed by atoms with Crippen LogP contribution < -0.4 is 5.73 Å². The molecule has 68 valence electrons. The molecule has 0 aliphatic rings. The first-order valence-electron chi connectivity index (χ1n) is 4.04. The van der Waals surface area contributed by atoms with Crippen molar-refractivity contribution in [3.8, 4) is 11.3 Å². The van der Waals surface area contributed by atoms with Crippen molar-refractivity contribution in [1.82, 2.24) is 9.97 Å². The van der Waals surface area contributed by atoms with Crippen molar-refractivity contribution in [3.63, 3.8) is 0 Å². The molecular weight excluding hydrogens is 182 g/mol. The van der Waals surface area contributed by atoms with Gasteiger partial charge in [0, 0.05) is 22.3 Å². The third-order valence-electron chi connectivity index (χ3n) is 1.95. The predicted octanol–water partition coefficient (Wildman–Crippen LogP) is 2.34. The fourth-order valence-corrected chi connectivity index (χ4v) is 1.96. The van der Waals surface area contributed by atoms with Gasteiger partial charge in [0.2, 0.25) is 0 Å². The van der Waals surface area contributed by atoms with Crippen molar-refractivity contribution >= 4 is 16.5 Å². The van der Waals surface area contributed by atoms with Crippen LogP contribution >= 0.6 is 11.3 Å². The number of hydrogen-bond donors (Lipinski definition) is 2. The Bertz CT molecular complexity index is 428. The van der Waals surface area contributed by atoms with Crippen LogP contribution in [0, 0.1) is 13.8 Å². The highest BCUT2D eigenvalue weighted by Crippen LogP contribution is 2.26. The van der Waals surface area contributed by atoms with Crippen molar-refractivity contribution in [1.29, 1.82) is 0 Å². The summed E-state index contributed by atoms with van der Waals surface area (Å²) >= 11 is 1.47. The van der Waals surface area contributed by atoms with Crippen molar-refractivity contribution in [2.75, 3.05) is 5.73 Å². The molecule has 0 atom stereocenters. The second-order valence-corrected chi connectivity index (χ2v) is 3.95. The van der Waals surface area contributed by atoms with Gasteiger partial charge in [-0.3, -0.25) is 0 Å². The molecule has 13 heavy (non-hydrogen) atoms. The summed E-state index contributed by atoms with van der Waals surface area (Å²) in [7, 11) is 0. The Morgan fingerprint density at radius 3 is 2.69 bits per heavy atom. The highest BCUT2D eigenvalue weighted by molar-refractivity contribution is 7.13. The summed E-state index contributed by atoms with van der Waals surface area (Å²) in [6.45, 7) is 4.07. The van der Waals surface area contributed by atoms with Crippen molar-refractivity contribution in [2.45, 2.75) is 13.8 Å². The molecule has 0 aromatic carbocycles. The van der Waals surface area contributed by atoms with Crippen LogP contribution in [-0.4, -0.2) is 9.97 Å². The number of anilines is 1.